The van der Waals surface area contributed by atoms with Crippen molar-refractivity contribution in [3.63, 3.8) is 0 Å². The Morgan fingerprint density at radius 1 is 0.739 bits per heavy atom. The zero-order valence-electron chi connectivity index (χ0n) is 26.5. The topological polar surface area (TPSA) is 139 Å². The Kier molecular flexibility index (Phi) is 12.2. The van der Waals surface area contributed by atoms with Crippen LogP contribution in [-0.2, 0) is 19.7 Å². The van der Waals surface area contributed by atoms with E-state index >= 15 is 0 Å². The van der Waals surface area contributed by atoms with Crippen LogP contribution in [-0.4, -0.2) is 54.0 Å². The highest BCUT2D eigenvalue weighted by Gasteiger charge is 2.25. The molecule has 9 heteroatoms. The Morgan fingerprint density at radius 2 is 1.20 bits per heavy atom. The monoisotopic (exact) mass is 627 g/mol. The quantitative estimate of drug-likeness (QED) is 0.165. The minimum absolute atomic E-state index is 0.0161. The Morgan fingerprint density at radius 3 is 1.67 bits per heavy atom. The summed E-state index contributed by atoms with van der Waals surface area (Å²) in [6.45, 7) is 14.3. The predicted molar refractivity (Wildman–Crippen MR) is 171 cm³/mol. The summed E-state index contributed by atoms with van der Waals surface area (Å²) in [5, 5.41) is 21.5. The van der Waals surface area contributed by atoms with E-state index in [-0.39, 0.29) is 54.3 Å². The number of aromatic carboxylic acids is 1. The molecule has 0 aliphatic heterocycles. The second kappa shape index (κ2) is 15.8. The van der Waals surface area contributed by atoms with Gasteiger partial charge in [0.1, 0.15) is 30.8 Å². The standard InChI is InChI=1S/C37H40O9/c1-23(2)33(39)19-27(38)21-44-28-15-11-25(12-16-28)37(5,6)26-13-17-29(18-14-26)45-22-30(20-34(40)24(3)4)46-36(43)32-10-8-7-9-31(32)35(41)42/h7-18,27,30,38H,1,3,19-22H2,2,4-6H3,(H,41,42)/p-1. The van der Waals surface area contributed by atoms with Crippen LogP contribution in [0.1, 0.15) is 72.4 Å². The number of benzene rings is 3. The van der Waals surface area contributed by atoms with Crippen molar-refractivity contribution in [2.24, 2.45) is 0 Å². The number of esters is 1. The van der Waals surface area contributed by atoms with Gasteiger partial charge in [-0.25, -0.2) is 4.79 Å². The first-order chi connectivity index (χ1) is 21.7. The molecule has 0 saturated carbocycles. The fourth-order valence-corrected chi connectivity index (χ4v) is 4.50. The van der Waals surface area contributed by atoms with Gasteiger partial charge in [0, 0.05) is 17.4 Å². The van der Waals surface area contributed by atoms with Gasteiger partial charge in [-0.05, 0) is 66.5 Å². The van der Waals surface area contributed by atoms with Gasteiger partial charge in [-0.2, -0.15) is 0 Å². The maximum Gasteiger partial charge on any atom is 0.339 e. The number of carboxylic acid groups (broad SMARTS) is 1. The molecular weight excluding hydrogens is 588 g/mol. The maximum atomic E-state index is 12.8. The van der Waals surface area contributed by atoms with Crippen LogP contribution in [0.2, 0.25) is 0 Å². The van der Waals surface area contributed by atoms with Crippen molar-refractivity contribution < 1.29 is 43.6 Å². The van der Waals surface area contributed by atoms with Crippen molar-refractivity contribution >= 4 is 23.5 Å². The summed E-state index contributed by atoms with van der Waals surface area (Å²) in [6, 6.07) is 20.4. The lowest BCUT2D eigenvalue weighted by Gasteiger charge is -2.27. The first-order valence-corrected chi connectivity index (χ1v) is 14.7. The van der Waals surface area contributed by atoms with Gasteiger partial charge in [-0.1, -0.05) is 69.5 Å². The molecule has 2 unspecified atom stereocenters. The van der Waals surface area contributed by atoms with Gasteiger partial charge in [-0.15, -0.1) is 0 Å². The third kappa shape index (κ3) is 9.74. The van der Waals surface area contributed by atoms with Gasteiger partial charge < -0.3 is 29.2 Å². The molecular formula is C37H39O9-. The number of carbonyl (C=O) groups is 4. The van der Waals surface area contributed by atoms with Crippen LogP contribution < -0.4 is 14.6 Å². The number of rotatable bonds is 17. The van der Waals surface area contributed by atoms with E-state index in [0.717, 1.165) is 11.1 Å². The minimum Gasteiger partial charge on any atom is -0.545 e. The van der Waals surface area contributed by atoms with Gasteiger partial charge in [0.05, 0.1) is 24.1 Å². The summed E-state index contributed by atoms with van der Waals surface area (Å²) in [7, 11) is 0. The highest BCUT2D eigenvalue weighted by atomic mass is 16.6. The Bertz CT molecular complexity index is 1580. The largest absolute Gasteiger partial charge is 0.545 e. The van der Waals surface area contributed by atoms with E-state index in [1.165, 1.54) is 24.3 Å². The summed E-state index contributed by atoms with van der Waals surface area (Å²) < 4.78 is 17.0. The molecule has 46 heavy (non-hydrogen) atoms. The molecule has 2 atom stereocenters. The van der Waals surface area contributed by atoms with Gasteiger partial charge in [0.2, 0.25) is 0 Å². The second-order valence-electron chi connectivity index (χ2n) is 11.6. The number of aliphatic hydroxyl groups is 1. The van der Waals surface area contributed by atoms with Crippen LogP contribution in [0.15, 0.2) is 97.1 Å². The smallest absolute Gasteiger partial charge is 0.339 e. The molecule has 0 spiro atoms. The lowest BCUT2D eigenvalue weighted by molar-refractivity contribution is -0.255. The summed E-state index contributed by atoms with van der Waals surface area (Å²) in [6.07, 6.45) is -2.17. The average Bonchev–Trinajstić information content (AvgIpc) is 3.02. The number of ether oxygens (including phenoxy) is 3. The zero-order chi connectivity index (χ0) is 34.0. The zero-order valence-corrected chi connectivity index (χ0v) is 26.5. The van der Waals surface area contributed by atoms with Gasteiger partial charge in [0.15, 0.2) is 11.6 Å². The molecule has 242 valence electrons. The number of carboxylic acids is 1. The van der Waals surface area contributed by atoms with Crippen LogP contribution in [0.3, 0.4) is 0 Å². The van der Waals surface area contributed by atoms with Crippen molar-refractivity contribution in [3.8, 4) is 11.5 Å². The number of carbonyl (C=O) groups excluding carboxylic acids is 4. The summed E-state index contributed by atoms with van der Waals surface area (Å²) in [5.41, 5.74) is 1.77. The van der Waals surface area contributed by atoms with E-state index in [0.29, 0.717) is 17.1 Å². The van der Waals surface area contributed by atoms with E-state index in [1.54, 1.807) is 38.1 Å². The molecule has 9 nitrogen and oxygen atoms in total. The number of hydrogen-bond donors (Lipinski definition) is 1. The third-order valence-electron chi connectivity index (χ3n) is 7.46. The maximum absolute atomic E-state index is 12.8. The summed E-state index contributed by atoms with van der Waals surface area (Å²) >= 11 is 0. The van der Waals surface area contributed by atoms with Crippen LogP contribution in [0, 0.1) is 0 Å². The number of Topliss-reactive ketones (excluding diaryl/α,β-unsaturated/α-hetero) is 2. The van der Waals surface area contributed by atoms with Gasteiger partial charge in [-0.3, -0.25) is 9.59 Å². The molecule has 0 aliphatic carbocycles. The summed E-state index contributed by atoms with van der Waals surface area (Å²) in [4.78, 5) is 48.5. The first kappa shape index (κ1) is 35.5. The van der Waals surface area contributed by atoms with Gasteiger partial charge >= 0.3 is 5.97 Å². The average molecular weight is 628 g/mol. The SMILES string of the molecule is C=C(C)C(=O)CC(O)COc1ccc(C(C)(C)c2ccc(OCC(CC(=O)C(=C)C)OC(=O)c3ccccc3C(=O)[O-])cc2)cc1. The molecule has 0 aromatic heterocycles. The van der Waals surface area contributed by atoms with Crippen molar-refractivity contribution in [2.75, 3.05) is 13.2 Å². The highest BCUT2D eigenvalue weighted by molar-refractivity contribution is 6.02. The first-order valence-electron chi connectivity index (χ1n) is 14.7. The van der Waals surface area contributed by atoms with Crippen LogP contribution in [0.4, 0.5) is 0 Å². The van der Waals surface area contributed by atoms with E-state index in [2.05, 4.69) is 27.0 Å². The molecule has 0 aliphatic rings. The molecule has 0 saturated heterocycles. The third-order valence-corrected chi connectivity index (χ3v) is 7.46. The molecule has 3 rings (SSSR count). The lowest BCUT2D eigenvalue weighted by Crippen LogP contribution is -2.30. The number of ketones is 2. The van der Waals surface area contributed by atoms with Crippen LogP contribution >= 0.6 is 0 Å². The fourth-order valence-electron chi connectivity index (χ4n) is 4.50. The Hall–Kier alpha value is -5.02. The van der Waals surface area contributed by atoms with Crippen molar-refractivity contribution in [1.82, 2.24) is 0 Å². The minimum atomic E-state index is -1.52. The van der Waals surface area contributed by atoms with E-state index in [9.17, 15) is 29.4 Å². The highest BCUT2D eigenvalue weighted by Crippen LogP contribution is 2.33. The fraction of sp³-hybridized carbons (Fsp3) is 0.297. The predicted octanol–water partition coefficient (Wildman–Crippen LogP) is 4.79. The number of allylic oxidation sites excluding steroid dienone is 2. The molecule has 0 bridgehead atoms. The molecule has 3 aromatic rings. The van der Waals surface area contributed by atoms with Crippen molar-refractivity contribution in [1.29, 1.82) is 0 Å². The Labute approximate surface area is 269 Å². The van der Waals surface area contributed by atoms with E-state index in [1.807, 2.05) is 24.3 Å². The van der Waals surface area contributed by atoms with Gasteiger partial charge in [0.25, 0.3) is 0 Å². The van der Waals surface area contributed by atoms with E-state index in [4.69, 9.17) is 14.2 Å². The lowest BCUT2D eigenvalue weighted by atomic mass is 9.78. The van der Waals surface area contributed by atoms with Crippen LogP contribution in [0.25, 0.3) is 0 Å². The second-order valence-corrected chi connectivity index (χ2v) is 11.6. The van der Waals surface area contributed by atoms with Crippen molar-refractivity contribution in [2.45, 2.75) is 58.2 Å². The van der Waals surface area contributed by atoms with E-state index < -0.39 is 29.6 Å². The molecule has 0 heterocycles. The van der Waals surface area contributed by atoms with Crippen LogP contribution in [0.5, 0.6) is 11.5 Å². The summed E-state index contributed by atoms with van der Waals surface area (Å²) in [5.74, 6) is -1.92. The molecule has 3 aromatic carbocycles. The number of hydrogen-bond acceptors (Lipinski definition) is 9. The Balaban J connectivity index is 1.65. The molecule has 0 fully saturated rings. The molecule has 0 amide bonds. The normalized spacial score (nSPS) is 12.4. The molecule has 0 radical (unpaired) electrons. The molecule has 1 N–H and O–H groups in total. The number of aliphatic hydroxyl groups excluding tert-OH is 1. The van der Waals surface area contributed by atoms with Crippen molar-refractivity contribution in [3.05, 3.63) is 119 Å².